The van der Waals surface area contributed by atoms with E-state index in [4.69, 9.17) is 9.47 Å². The molecule has 0 aromatic heterocycles. The van der Waals surface area contributed by atoms with Crippen molar-refractivity contribution in [2.75, 3.05) is 26.3 Å². The van der Waals surface area contributed by atoms with E-state index >= 15 is 0 Å². The van der Waals surface area contributed by atoms with Gasteiger partial charge in [-0.3, -0.25) is 0 Å². The van der Waals surface area contributed by atoms with Crippen molar-refractivity contribution in [2.24, 2.45) is 5.92 Å². The highest BCUT2D eigenvalue weighted by molar-refractivity contribution is 5.67. The smallest absolute Gasteiger partial charge is 0.409 e. The Morgan fingerprint density at radius 3 is 2.64 bits per heavy atom. The number of nitrogens with zero attached hydrogens (tertiary/aromatic N) is 1. The molecule has 2 aliphatic heterocycles. The Labute approximate surface area is 84.2 Å². The normalized spacial score (nSPS) is 27.5. The number of hydrogen-bond acceptors (Lipinski definition) is 3. The molecule has 2 heterocycles. The first-order chi connectivity index (χ1) is 6.81. The first-order valence-corrected chi connectivity index (χ1v) is 5.34. The number of rotatable bonds is 2. The van der Waals surface area contributed by atoms with Crippen LogP contribution in [0.4, 0.5) is 4.79 Å². The van der Waals surface area contributed by atoms with Crippen LogP contribution in [0.2, 0.25) is 0 Å². The molecule has 4 heteroatoms. The zero-order chi connectivity index (χ0) is 9.97. The van der Waals surface area contributed by atoms with Gasteiger partial charge in [0.25, 0.3) is 0 Å². The summed E-state index contributed by atoms with van der Waals surface area (Å²) < 4.78 is 10.2. The Morgan fingerprint density at radius 2 is 2.14 bits per heavy atom. The summed E-state index contributed by atoms with van der Waals surface area (Å²) in [5, 5.41) is 0. The molecule has 1 amide bonds. The molecule has 1 atom stereocenters. The van der Waals surface area contributed by atoms with Crippen molar-refractivity contribution >= 4 is 6.09 Å². The summed E-state index contributed by atoms with van der Waals surface area (Å²) in [7, 11) is 0. The van der Waals surface area contributed by atoms with Crippen molar-refractivity contribution in [1.29, 1.82) is 0 Å². The van der Waals surface area contributed by atoms with Gasteiger partial charge in [0, 0.05) is 13.1 Å². The lowest BCUT2D eigenvalue weighted by atomic mass is 9.94. The molecule has 0 radical (unpaired) electrons. The summed E-state index contributed by atoms with van der Waals surface area (Å²) >= 11 is 0. The van der Waals surface area contributed by atoms with E-state index < -0.39 is 0 Å². The molecule has 0 unspecified atom stereocenters. The van der Waals surface area contributed by atoms with Crippen LogP contribution in [0.5, 0.6) is 0 Å². The molecule has 0 bridgehead atoms. The van der Waals surface area contributed by atoms with Crippen molar-refractivity contribution < 1.29 is 14.3 Å². The van der Waals surface area contributed by atoms with E-state index in [1.54, 1.807) is 4.90 Å². The number of epoxide rings is 1. The third-order valence-electron chi connectivity index (χ3n) is 2.95. The molecule has 0 N–H and O–H groups in total. The Balaban J connectivity index is 1.74. The van der Waals surface area contributed by atoms with Crippen LogP contribution < -0.4 is 0 Å². The second kappa shape index (κ2) is 4.17. The zero-order valence-corrected chi connectivity index (χ0v) is 8.57. The van der Waals surface area contributed by atoms with Crippen LogP contribution in [0.1, 0.15) is 19.8 Å². The van der Waals surface area contributed by atoms with Crippen LogP contribution in [0, 0.1) is 5.92 Å². The Hall–Kier alpha value is -0.770. The second-order valence-electron chi connectivity index (χ2n) is 3.90. The predicted molar refractivity (Wildman–Crippen MR) is 51.1 cm³/mol. The molecule has 4 nitrogen and oxygen atoms in total. The summed E-state index contributed by atoms with van der Waals surface area (Å²) in [4.78, 5) is 13.2. The summed E-state index contributed by atoms with van der Waals surface area (Å²) in [6, 6.07) is 0. The molecule has 2 fully saturated rings. The largest absolute Gasteiger partial charge is 0.450 e. The second-order valence-corrected chi connectivity index (χ2v) is 3.90. The highest BCUT2D eigenvalue weighted by Gasteiger charge is 2.35. The molecule has 0 aromatic carbocycles. The highest BCUT2D eigenvalue weighted by atomic mass is 16.6. The van der Waals surface area contributed by atoms with Crippen molar-refractivity contribution in [2.45, 2.75) is 25.9 Å². The molecule has 0 aliphatic carbocycles. The van der Waals surface area contributed by atoms with Gasteiger partial charge in [0.1, 0.15) is 0 Å². The number of ether oxygens (including phenoxy) is 2. The monoisotopic (exact) mass is 199 g/mol. The first kappa shape index (κ1) is 9.77. The molecule has 2 aliphatic rings. The first-order valence-electron chi connectivity index (χ1n) is 5.34. The summed E-state index contributed by atoms with van der Waals surface area (Å²) in [6.45, 7) is 4.87. The molecule has 80 valence electrons. The molecular formula is C10H17NO3. The van der Waals surface area contributed by atoms with Gasteiger partial charge in [-0.2, -0.15) is 0 Å². The van der Waals surface area contributed by atoms with Crippen molar-refractivity contribution in [1.82, 2.24) is 4.90 Å². The summed E-state index contributed by atoms with van der Waals surface area (Å²) in [5.41, 5.74) is 0. The van der Waals surface area contributed by atoms with E-state index in [1.165, 1.54) is 0 Å². The van der Waals surface area contributed by atoms with Gasteiger partial charge in [-0.1, -0.05) is 0 Å². The third kappa shape index (κ3) is 2.18. The minimum absolute atomic E-state index is 0.164. The lowest BCUT2D eigenvalue weighted by Crippen LogP contribution is -2.39. The van der Waals surface area contributed by atoms with Gasteiger partial charge >= 0.3 is 6.09 Å². The molecule has 14 heavy (non-hydrogen) atoms. The third-order valence-corrected chi connectivity index (χ3v) is 2.95. The van der Waals surface area contributed by atoms with E-state index in [9.17, 15) is 4.79 Å². The average Bonchev–Trinajstić information content (AvgIpc) is 3.02. The molecule has 2 saturated heterocycles. The van der Waals surface area contributed by atoms with Crippen LogP contribution in [0.15, 0.2) is 0 Å². The Morgan fingerprint density at radius 1 is 1.50 bits per heavy atom. The predicted octanol–water partition coefficient (Wildman–Crippen LogP) is 1.25. The lowest BCUT2D eigenvalue weighted by molar-refractivity contribution is 0.0882. The van der Waals surface area contributed by atoms with Crippen molar-refractivity contribution in [3.8, 4) is 0 Å². The van der Waals surface area contributed by atoms with Crippen LogP contribution in [-0.4, -0.2) is 43.4 Å². The highest BCUT2D eigenvalue weighted by Crippen LogP contribution is 2.29. The molecule has 0 spiro atoms. The number of hydrogen-bond donors (Lipinski definition) is 0. The summed E-state index contributed by atoms with van der Waals surface area (Å²) in [6.07, 6.45) is 2.44. The van der Waals surface area contributed by atoms with Gasteiger partial charge < -0.3 is 14.4 Å². The fraction of sp³-hybridized carbons (Fsp3) is 0.900. The molecule has 0 saturated carbocycles. The molecular weight excluding hydrogens is 182 g/mol. The van der Waals surface area contributed by atoms with Gasteiger partial charge in [-0.25, -0.2) is 4.79 Å². The van der Waals surface area contributed by atoms with Crippen molar-refractivity contribution in [3.05, 3.63) is 0 Å². The SMILES string of the molecule is CCOC(=O)N1CCC([C@H]2CO2)CC1. The van der Waals surface area contributed by atoms with E-state index in [-0.39, 0.29) is 6.09 Å². The van der Waals surface area contributed by atoms with Crippen LogP contribution in [0.3, 0.4) is 0 Å². The zero-order valence-electron chi connectivity index (χ0n) is 8.57. The fourth-order valence-corrected chi connectivity index (χ4v) is 2.00. The van der Waals surface area contributed by atoms with Gasteiger partial charge in [0.2, 0.25) is 0 Å². The Bertz CT molecular complexity index is 207. The number of carbonyl (C=O) groups excluding carboxylic acids is 1. The number of carbonyl (C=O) groups is 1. The number of likely N-dealkylation sites (tertiary alicyclic amines) is 1. The van der Waals surface area contributed by atoms with Crippen LogP contribution in [-0.2, 0) is 9.47 Å². The maximum atomic E-state index is 11.4. The molecule has 0 aromatic rings. The van der Waals surface area contributed by atoms with E-state index in [0.29, 0.717) is 18.6 Å². The Kier molecular flexibility index (Phi) is 2.91. The van der Waals surface area contributed by atoms with E-state index in [0.717, 1.165) is 32.5 Å². The molecule has 2 rings (SSSR count). The van der Waals surface area contributed by atoms with Crippen molar-refractivity contribution in [3.63, 3.8) is 0 Å². The quantitative estimate of drug-likeness (QED) is 0.629. The van der Waals surface area contributed by atoms with E-state index in [2.05, 4.69) is 0 Å². The number of amides is 1. The standard InChI is InChI=1S/C10H17NO3/c1-2-13-10(12)11-5-3-8(4-6-11)9-7-14-9/h8-9H,2-7H2,1H3/t9-/m1/s1. The average molecular weight is 199 g/mol. The minimum atomic E-state index is -0.164. The maximum Gasteiger partial charge on any atom is 0.409 e. The topological polar surface area (TPSA) is 42.1 Å². The van der Waals surface area contributed by atoms with Gasteiger partial charge in [-0.15, -0.1) is 0 Å². The van der Waals surface area contributed by atoms with Gasteiger partial charge in [0.15, 0.2) is 0 Å². The maximum absolute atomic E-state index is 11.4. The summed E-state index contributed by atoms with van der Waals surface area (Å²) in [5.74, 6) is 0.667. The lowest BCUT2D eigenvalue weighted by Gasteiger charge is -2.30. The minimum Gasteiger partial charge on any atom is -0.450 e. The van der Waals surface area contributed by atoms with E-state index in [1.807, 2.05) is 6.92 Å². The fourth-order valence-electron chi connectivity index (χ4n) is 2.00. The van der Waals surface area contributed by atoms with Gasteiger partial charge in [0.05, 0.1) is 19.3 Å². The van der Waals surface area contributed by atoms with Crippen LogP contribution in [0.25, 0.3) is 0 Å². The van der Waals surface area contributed by atoms with Gasteiger partial charge in [-0.05, 0) is 25.7 Å². The van der Waals surface area contributed by atoms with Crippen LogP contribution >= 0.6 is 0 Å². The number of piperidine rings is 1.